The molecule has 0 radical (unpaired) electrons. The topological polar surface area (TPSA) is 72.8 Å². The summed E-state index contributed by atoms with van der Waals surface area (Å²) in [6.45, 7) is 1.71. The number of hydrogen-bond acceptors (Lipinski definition) is 4. The van der Waals surface area contributed by atoms with Crippen molar-refractivity contribution in [2.75, 3.05) is 26.2 Å². The molecule has 3 rings (SSSR count). The van der Waals surface area contributed by atoms with Gasteiger partial charge in [-0.15, -0.1) is 0 Å². The molecule has 3 N–H and O–H groups in total. The zero-order valence-electron chi connectivity index (χ0n) is 15.6. The first kappa shape index (κ1) is 19.3. The van der Waals surface area contributed by atoms with Gasteiger partial charge in [0.05, 0.1) is 6.61 Å². The number of likely N-dealkylation sites (tertiary alicyclic amines) is 1. The summed E-state index contributed by atoms with van der Waals surface area (Å²) in [7, 11) is 0. The van der Waals surface area contributed by atoms with E-state index >= 15 is 0 Å². The van der Waals surface area contributed by atoms with Crippen LogP contribution in [0, 0.1) is 0 Å². The lowest BCUT2D eigenvalue weighted by atomic mass is 9.89. The van der Waals surface area contributed by atoms with Crippen molar-refractivity contribution in [3.63, 3.8) is 0 Å². The van der Waals surface area contributed by atoms with Crippen molar-refractivity contribution in [3.8, 4) is 0 Å². The average molecular weight is 360 g/mol. The Bertz CT molecular complexity index is 586. The number of benzene rings is 1. The predicted octanol–water partition coefficient (Wildman–Crippen LogP) is 1.87. The first-order valence-corrected chi connectivity index (χ1v) is 9.99. The Labute approximate surface area is 156 Å². The van der Waals surface area contributed by atoms with Gasteiger partial charge in [0, 0.05) is 25.2 Å². The standard InChI is InChI=1S/C21H32N2O3/c24-17-20(11-4-5-12-20)22-16-21(26)13-7-15-23(19(21)25)14-6-10-18-8-2-1-3-9-18/h1-3,8-9,22,24,26H,4-7,10-17H2/t21-/m1/s1. The van der Waals surface area contributed by atoms with Crippen molar-refractivity contribution in [2.24, 2.45) is 0 Å². The molecule has 1 amide bonds. The number of β-amino-alcohol motifs (C(OH)–C–C–N with tert-alkyl or cyclic N) is 1. The third-order valence-electron chi connectivity index (χ3n) is 6.06. The van der Waals surface area contributed by atoms with E-state index in [1.54, 1.807) is 0 Å². The fourth-order valence-corrected chi connectivity index (χ4v) is 4.34. The highest BCUT2D eigenvalue weighted by Gasteiger charge is 2.44. The first-order chi connectivity index (χ1) is 12.6. The molecule has 1 aliphatic heterocycles. The lowest BCUT2D eigenvalue weighted by Crippen LogP contribution is -2.61. The number of rotatable bonds is 8. The van der Waals surface area contributed by atoms with Gasteiger partial charge in [0.2, 0.25) is 0 Å². The third-order valence-corrected chi connectivity index (χ3v) is 6.06. The Kier molecular flexibility index (Phi) is 6.33. The molecule has 5 heteroatoms. The van der Waals surface area contributed by atoms with Crippen LogP contribution in [0.1, 0.15) is 50.5 Å². The van der Waals surface area contributed by atoms with E-state index in [4.69, 9.17) is 0 Å². The average Bonchev–Trinajstić information content (AvgIpc) is 3.14. The number of carbonyl (C=O) groups excluding carboxylic acids is 1. The van der Waals surface area contributed by atoms with Gasteiger partial charge in [-0.25, -0.2) is 0 Å². The number of aliphatic hydroxyl groups excluding tert-OH is 1. The van der Waals surface area contributed by atoms with E-state index in [1.807, 2.05) is 23.1 Å². The molecule has 5 nitrogen and oxygen atoms in total. The Morgan fingerprint density at radius 2 is 1.81 bits per heavy atom. The van der Waals surface area contributed by atoms with Gasteiger partial charge >= 0.3 is 0 Å². The second-order valence-electron chi connectivity index (χ2n) is 8.02. The Hall–Kier alpha value is -1.43. The molecule has 144 valence electrons. The van der Waals surface area contributed by atoms with Gasteiger partial charge in [0.15, 0.2) is 5.60 Å². The van der Waals surface area contributed by atoms with E-state index in [9.17, 15) is 15.0 Å². The molecule has 1 saturated heterocycles. The summed E-state index contributed by atoms with van der Waals surface area (Å²) in [6.07, 6.45) is 7.16. The molecule has 0 bridgehead atoms. The van der Waals surface area contributed by atoms with E-state index in [-0.39, 0.29) is 24.6 Å². The number of aliphatic hydroxyl groups is 2. The van der Waals surface area contributed by atoms with Gasteiger partial charge in [-0.05, 0) is 44.1 Å². The molecule has 1 heterocycles. The van der Waals surface area contributed by atoms with Crippen LogP contribution in [0.25, 0.3) is 0 Å². The van der Waals surface area contributed by atoms with Crippen LogP contribution < -0.4 is 5.32 Å². The van der Waals surface area contributed by atoms with Crippen molar-refractivity contribution >= 4 is 5.91 Å². The second kappa shape index (κ2) is 8.51. The van der Waals surface area contributed by atoms with E-state index < -0.39 is 5.60 Å². The lowest BCUT2D eigenvalue weighted by Gasteiger charge is -2.40. The molecule has 0 aromatic heterocycles. The van der Waals surface area contributed by atoms with E-state index in [0.29, 0.717) is 13.0 Å². The van der Waals surface area contributed by atoms with Crippen molar-refractivity contribution < 1.29 is 15.0 Å². The van der Waals surface area contributed by atoms with Gasteiger partial charge in [-0.1, -0.05) is 43.2 Å². The van der Waals surface area contributed by atoms with Crippen LogP contribution >= 0.6 is 0 Å². The van der Waals surface area contributed by atoms with Gasteiger partial charge in [0.25, 0.3) is 5.91 Å². The first-order valence-electron chi connectivity index (χ1n) is 9.99. The number of nitrogens with one attached hydrogen (secondary N) is 1. The summed E-state index contributed by atoms with van der Waals surface area (Å²) >= 11 is 0. The lowest BCUT2D eigenvalue weighted by molar-refractivity contribution is -0.157. The molecule has 0 unspecified atom stereocenters. The number of amides is 1. The molecule has 0 spiro atoms. The van der Waals surface area contributed by atoms with Crippen LogP contribution in [-0.2, 0) is 11.2 Å². The van der Waals surface area contributed by atoms with E-state index in [2.05, 4.69) is 17.4 Å². The number of aryl methyl sites for hydroxylation is 1. The van der Waals surface area contributed by atoms with Gasteiger partial charge < -0.3 is 20.4 Å². The zero-order valence-corrected chi connectivity index (χ0v) is 15.6. The highest BCUT2D eigenvalue weighted by molar-refractivity contribution is 5.86. The Morgan fingerprint density at radius 1 is 1.08 bits per heavy atom. The normalized spacial score (nSPS) is 25.6. The van der Waals surface area contributed by atoms with Crippen LogP contribution in [0.3, 0.4) is 0 Å². The van der Waals surface area contributed by atoms with Crippen molar-refractivity contribution in [2.45, 2.75) is 62.5 Å². The minimum absolute atomic E-state index is 0.0675. The summed E-state index contributed by atoms with van der Waals surface area (Å²) in [6, 6.07) is 10.3. The number of piperidine rings is 1. The molecular formula is C21H32N2O3. The highest BCUT2D eigenvalue weighted by atomic mass is 16.3. The maximum Gasteiger partial charge on any atom is 0.255 e. The van der Waals surface area contributed by atoms with E-state index in [1.165, 1.54) is 5.56 Å². The second-order valence-corrected chi connectivity index (χ2v) is 8.02. The molecule has 1 atom stereocenters. The van der Waals surface area contributed by atoms with Gasteiger partial charge in [0.1, 0.15) is 0 Å². The highest BCUT2D eigenvalue weighted by Crippen LogP contribution is 2.31. The molecule has 2 fully saturated rings. The Morgan fingerprint density at radius 3 is 2.50 bits per heavy atom. The van der Waals surface area contributed by atoms with Crippen molar-refractivity contribution in [1.29, 1.82) is 0 Å². The maximum absolute atomic E-state index is 12.9. The molecule has 1 saturated carbocycles. The zero-order chi connectivity index (χ0) is 18.5. The number of hydrogen-bond donors (Lipinski definition) is 3. The SMILES string of the molecule is O=C1N(CCCc2ccccc2)CCC[C@@]1(O)CNC1(CO)CCCC1. The molecule has 26 heavy (non-hydrogen) atoms. The smallest absolute Gasteiger partial charge is 0.255 e. The van der Waals surface area contributed by atoms with Crippen LogP contribution in [0.5, 0.6) is 0 Å². The van der Waals surface area contributed by atoms with Crippen molar-refractivity contribution in [1.82, 2.24) is 10.2 Å². The van der Waals surface area contributed by atoms with Gasteiger partial charge in [-0.2, -0.15) is 0 Å². The summed E-state index contributed by atoms with van der Waals surface area (Å²) in [4.78, 5) is 14.7. The van der Waals surface area contributed by atoms with E-state index in [0.717, 1.165) is 51.5 Å². The van der Waals surface area contributed by atoms with Crippen LogP contribution in [0.4, 0.5) is 0 Å². The fraction of sp³-hybridized carbons (Fsp3) is 0.667. The summed E-state index contributed by atoms with van der Waals surface area (Å²) < 4.78 is 0. The largest absolute Gasteiger partial charge is 0.394 e. The molecule has 1 aromatic rings. The minimum atomic E-state index is -1.34. The minimum Gasteiger partial charge on any atom is -0.394 e. The van der Waals surface area contributed by atoms with Crippen LogP contribution in [0.2, 0.25) is 0 Å². The molecule has 2 aliphatic rings. The third kappa shape index (κ3) is 4.45. The number of carbonyl (C=O) groups is 1. The fourth-order valence-electron chi connectivity index (χ4n) is 4.34. The Balaban J connectivity index is 1.52. The molecule has 1 aromatic carbocycles. The van der Waals surface area contributed by atoms with Crippen LogP contribution in [-0.4, -0.2) is 58.4 Å². The summed E-state index contributed by atoms with van der Waals surface area (Å²) in [5, 5.41) is 24.0. The predicted molar refractivity (Wildman–Crippen MR) is 102 cm³/mol. The van der Waals surface area contributed by atoms with Gasteiger partial charge in [-0.3, -0.25) is 4.79 Å². The maximum atomic E-state index is 12.9. The molecule has 1 aliphatic carbocycles. The monoisotopic (exact) mass is 360 g/mol. The summed E-state index contributed by atoms with van der Waals surface area (Å²) in [5.41, 5.74) is -0.374. The van der Waals surface area contributed by atoms with Crippen molar-refractivity contribution in [3.05, 3.63) is 35.9 Å². The molecular weight excluding hydrogens is 328 g/mol. The quantitative estimate of drug-likeness (QED) is 0.662. The van der Waals surface area contributed by atoms with Crippen LogP contribution in [0.15, 0.2) is 30.3 Å². The summed E-state index contributed by atoms with van der Waals surface area (Å²) in [5.74, 6) is -0.157. The number of nitrogens with zero attached hydrogens (tertiary/aromatic N) is 1.